The van der Waals surface area contributed by atoms with E-state index in [9.17, 15) is 14.1 Å². The predicted octanol–water partition coefficient (Wildman–Crippen LogP) is 2.51. The summed E-state index contributed by atoms with van der Waals surface area (Å²) in [5.74, 6) is 0. The summed E-state index contributed by atoms with van der Waals surface area (Å²) >= 11 is 1.49. The van der Waals surface area contributed by atoms with Crippen molar-refractivity contribution >= 4 is 33.9 Å². The maximum absolute atomic E-state index is 11.9. The van der Waals surface area contributed by atoms with Crippen molar-refractivity contribution in [2.75, 3.05) is 18.1 Å². The zero-order chi connectivity index (χ0) is 16.2. The van der Waals surface area contributed by atoms with Crippen LogP contribution in [0.25, 0.3) is 0 Å². The van der Waals surface area contributed by atoms with E-state index in [0.29, 0.717) is 10.6 Å². The van der Waals surface area contributed by atoms with E-state index in [2.05, 4.69) is 10.6 Å². The standard InChI is InChI=1S/C15H18N2O3S2/c1-15(19,11-6-7-21-9-11)10-16-14(18)17-12-4-3-5-13(8-12)22(2)20/h3-9,19H,10H2,1-2H3,(H2,16,17,18)/t15-,22-/m0/s1. The van der Waals surface area contributed by atoms with Crippen molar-refractivity contribution in [1.29, 1.82) is 0 Å². The zero-order valence-electron chi connectivity index (χ0n) is 12.3. The van der Waals surface area contributed by atoms with Gasteiger partial charge in [-0.1, -0.05) is 6.07 Å². The SMILES string of the molecule is C[S@](=O)c1cccc(NC(=O)NC[C@](C)(O)c2ccsc2)c1. The molecule has 0 saturated heterocycles. The maximum Gasteiger partial charge on any atom is 0.319 e. The second-order valence-electron chi connectivity index (χ2n) is 5.08. The molecule has 0 radical (unpaired) electrons. The fraction of sp³-hybridized carbons (Fsp3) is 0.267. The molecule has 2 amide bonds. The fourth-order valence-corrected chi connectivity index (χ4v) is 3.20. The molecular weight excluding hydrogens is 320 g/mol. The number of carbonyl (C=O) groups excluding carboxylic acids is 1. The Kier molecular flexibility index (Phi) is 5.33. The van der Waals surface area contributed by atoms with Gasteiger partial charge in [-0.2, -0.15) is 11.3 Å². The van der Waals surface area contributed by atoms with E-state index < -0.39 is 22.4 Å². The maximum atomic E-state index is 11.9. The molecule has 5 nitrogen and oxygen atoms in total. The second kappa shape index (κ2) is 7.04. The minimum atomic E-state index is -1.12. The quantitative estimate of drug-likeness (QED) is 0.784. The molecule has 118 valence electrons. The van der Waals surface area contributed by atoms with Gasteiger partial charge in [-0.3, -0.25) is 4.21 Å². The molecule has 1 heterocycles. The number of amides is 2. The number of hydrogen-bond acceptors (Lipinski definition) is 4. The Balaban J connectivity index is 1.93. The topological polar surface area (TPSA) is 78.4 Å². The molecule has 0 saturated carbocycles. The minimum absolute atomic E-state index is 0.0922. The van der Waals surface area contributed by atoms with Crippen LogP contribution in [0.4, 0.5) is 10.5 Å². The normalized spacial score (nSPS) is 14.9. The molecule has 3 N–H and O–H groups in total. The van der Waals surface area contributed by atoms with Crippen molar-refractivity contribution in [3.8, 4) is 0 Å². The molecule has 1 aromatic carbocycles. The molecule has 0 spiro atoms. The molecule has 0 fully saturated rings. The predicted molar refractivity (Wildman–Crippen MR) is 89.7 cm³/mol. The van der Waals surface area contributed by atoms with Crippen LogP contribution in [0.5, 0.6) is 0 Å². The molecular formula is C15H18N2O3S2. The largest absolute Gasteiger partial charge is 0.384 e. The molecule has 0 aliphatic heterocycles. The third kappa shape index (κ3) is 4.40. The first-order chi connectivity index (χ1) is 10.4. The van der Waals surface area contributed by atoms with Crippen LogP contribution in [-0.2, 0) is 16.4 Å². The lowest BCUT2D eigenvalue weighted by molar-refractivity contribution is 0.0604. The van der Waals surface area contributed by atoms with Gasteiger partial charge in [-0.05, 0) is 47.5 Å². The molecule has 0 aliphatic carbocycles. The molecule has 0 unspecified atom stereocenters. The molecule has 2 atom stereocenters. The van der Waals surface area contributed by atoms with E-state index in [1.807, 2.05) is 16.8 Å². The molecule has 22 heavy (non-hydrogen) atoms. The van der Waals surface area contributed by atoms with Crippen LogP contribution in [0.1, 0.15) is 12.5 Å². The highest BCUT2D eigenvalue weighted by Crippen LogP contribution is 2.22. The number of thiophene rings is 1. The van der Waals surface area contributed by atoms with Gasteiger partial charge in [0, 0.05) is 27.6 Å². The Hall–Kier alpha value is -1.70. The number of anilines is 1. The van der Waals surface area contributed by atoms with Crippen molar-refractivity contribution in [1.82, 2.24) is 5.32 Å². The summed E-state index contributed by atoms with van der Waals surface area (Å²) < 4.78 is 11.4. The van der Waals surface area contributed by atoms with Gasteiger partial charge in [0.2, 0.25) is 0 Å². The Morgan fingerprint density at radius 2 is 2.18 bits per heavy atom. The van der Waals surface area contributed by atoms with Crippen LogP contribution in [0, 0.1) is 0 Å². The molecule has 1 aromatic heterocycles. The lowest BCUT2D eigenvalue weighted by atomic mass is 9.99. The number of rotatable bonds is 5. The van der Waals surface area contributed by atoms with E-state index in [1.54, 1.807) is 37.4 Å². The van der Waals surface area contributed by atoms with Gasteiger partial charge in [0.05, 0.1) is 6.54 Å². The molecule has 0 bridgehead atoms. The van der Waals surface area contributed by atoms with Crippen LogP contribution >= 0.6 is 11.3 Å². The number of hydrogen-bond donors (Lipinski definition) is 3. The highest BCUT2D eigenvalue weighted by atomic mass is 32.2. The van der Waals surface area contributed by atoms with E-state index in [0.717, 1.165) is 5.56 Å². The van der Waals surface area contributed by atoms with Crippen LogP contribution in [0.3, 0.4) is 0 Å². The number of carbonyl (C=O) groups is 1. The van der Waals surface area contributed by atoms with Crippen molar-refractivity contribution in [2.45, 2.75) is 17.4 Å². The first-order valence-corrected chi connectivity index (χ1v) is 9.12. The van der Waals surface area contributed by atoms with Gasteiger partial charge in [-0.15, -0.1) is 0 Å². The fourth-order valence-electron chi connectivity index (χ4n) is 1.85. The molecule has 2 rings (SSSR count). The number of nitrogens with one attached hydrogen (secondary N) is 2. The van der Waals surface area contributed by atoms with Crippen LogP contribution in [-0.4, -0.2) is 28.1 Å². The lowest BCUT2D eigenvalue weighted by Crippen LogP contribution is -2.40. The van der Waals surface area contributed by atoms with Gasteiger partial charge >= 0.3 is 6.03 Å². The van der Waals surface area contributed by atoms with E-state index in [1.165, 1.54) is 11.3 Å². The lowest BCUT2D eigenvalue weighted by Gasteiger charge is -2.22. The molecule has 7 heteroatoms. The average molecular weight is 338 g/mol. The van der Waals surface area contributed by atoms with Crippen molar-refractivity contribution < 1.29 is 14.1 Å². The summed E-state index contributed by atoms with van der Waals surface area (Å²) in [5, 5.41) is 19.4. The van der Waals surface area contributed by atoms with Gasteiger partial charge in [0.25, 0.3) is 0 Å². The van der Waals surface area contributed by atoms with E-state index >= 15 is 0 Å². The first-order valence-electron chi connectivity index (χ1n) is 6.62. The summed E-state index contributed by atoms with van der Waals surface area (Å²) in [5.41, 5.74) is 0.200. The highest BCUT2D eigenvalue weighted by molar-refractivity contribution is 7.84. The Labute approximate surface area is 135 Å². The van der Waals surface area contributed by atoms with Crippen molar-refractivity contribution in [2.24, 2.45) is 0 Å². The third-order valence-corrected chi connectivity index (χ3v) is 4.76. The smallest absolute Gasteiger partial charge is 0.319 e. The first kappa shape index (κ1) is 16.7. The summed E-state index contributed by atoms with van der Waals surface area (Å²) in [7, 11) is -1.10. The van der Waals surface area contributed by atoms with E-state index in [-0.39, 0.29) is 6.54 Å². The van der Waals surface area contributed by atoms with Gasteiger partial charge in [-0.25, -0.2) is 4.79 Å². The summed E-state index contributed by atoms with van der Waals surface area (Å²) in [6, 6.07) is 8.24. The summed E-state index contributed by atoms with van der Waals surface area (Å²) in [6.07, 6.45) is 1.58. The van der Waals surface area contributed by atoms with E-state index in [4.69, 9.17) is 0 Å². The van der Waals surface area contributed by atoms with Gasteiger partial charge in [0.15, 0.2) is 0 Å². The van der Waals surface area contributed by atoms with Crippen LogP contribution in [0.2, 0.25) is 0 Å². The average Bonchev–Trinajstić information content (AvgIpc) is 3.00. The second-order valence-corrected chi connectivity index (χ2v) is 7.24. The van der Waals surface area contributed by atoms with Crippen LogP contribution in [0.15, 0.2) is 46.0 Å². The van der Waals surface area contributed by atoms with Crippen molar-refractivity contribution in [3.63, 3.8) is 0 Å². The monoisotopic (exact) mass is 338 g/mol. The Morgan fingerprint density at radius 3 is 2.82 bits per heavy atom. The van der Waals surface area contributed by atoms with Crippen molar-refractivity contribution in [3.05, 3.63) is 46.7 Å². The Morgan fingerprint density at radius 1 is 1.41 bits per heavy atom. The molecule has 2 aromatic rings. The summed E-state index contributed by atoms with van der Waals surface area (Å²) in [6.45, 7) is 1.74. The number of benzene rings is 1. The van der Waals surface area contributed by atoms with Gasteiger partial charge in [0.1, 0.15) is 5.60 Å². The highest BCUT2D eigenvalue weighted by Gasteiger charge is 2.24. The van der Waals surface area contributed by atoms with Gasteiger partial charge < -0.3 is 15.7 Å². The zero-order valence-corrected chi connectivity index (χ0v) is 14.0. The molecule has 0 aliphatic rings. The summed E-state index contributed by atoms with van der Waals surface area (Å²) in [4.78, 5) is 12.5. The minimum Gasteiger partial charge on any atom is -0.384 e. The third-order valence-electron chi connectivity index (χ3n) is 3.16. The van der Waals surface area contributed by atoms with Crippen LogP contribution < -0.4 is 10.6 Å². The number of urea groups is 1. The number of aliphatic hydroxyl groups is 1. The Bertz CT molecular complexity index is 669.